The number of hydrogen-bond acceptors (Lipinski definition) is 2. The molecule has 2 rings (SSSR count). The highest BCUT2D eigenvalue weighted by atomic mass is 35.5. The Hall–Kier alpha value is -1.54. The van der Waals surface area contributed by atoms with Crippen molar-refractivity contribution in [1.29, 1.82) is 0 Å². The molecule has 0 saturated carbocycles. The van der Waals surface area contributed by atoms with E-state index in [0.29, 0.717) is 5.15 Å². The predicted molar refractivity (Wildman–Crippen MR) is 67.8 cm³/mol. The summed E-state index contributed by atoms with van der Waals surface area (Å²) in [7, 11) is 0. The molecule has 0 amide bonds. The molecule has 0 spiro atoms. The molecule has 0 fully saturated rings. The summed E-state index contributed by atoms with van der Waals surface area (Å²) in [5.74, 6) is 0. The normalized spacial score (nSPS) is 10.1. The molecular formula is C13H13ClN2. The van der Waals surface area contributed by atoms with E-state index in [1.165, 1.54) is 5.56 Å². The van der Waals surface area contributed by atoms with Gasteiger partial charge in [0, 0.05) is 18.4 Å². The highest BCUT2D eigenvalue weighted by molar-refractivity contribution is 6.29. The van der Waals surface area contributed by atoms with Crippen molar-refractivity contribution in [2.75, 3.05) is 5.32 Å². The summed E-state index contributed by atoms with van der Waals surface area (Å²) in [4.78, 5) is 4.02. The van der Waals surface area contributed by atoms with Gasteiger partial charge in [-0.3, -0.25) is 0 Å². The minimum Gasteiger partial charge on any atom is -0.381 e. The summed E-state index contributed by atoms with van der Waals surface area (Å²) in [5.41, 5.74) is 3.37. The molecule has 0 unspecified atom stereocenters. The summed E-state index contributed by atoms with van der Waals surface area (Å²) in [6.07, 6.45) is 1.77. The van der Waals surface area contributed by atoms with E-state index in [-0.39, 0.29) is 0 Å². The van der Waals surface area contributed by atoms with Gasteiger partial charge in [0.1, 0.15) is 5.15 Å². The quantitative estimate of drug-likeness (QED) is 0.817. The maximum atomic E-state index is 5.85. The van der Waals surface area contributed by atoms with E-state index in [9.17, 15) is 0 Å². The molecule has 2 nitrogen and oxygen atoms in total. The van der Waals surface area contributed by atoms with E-state index in [0.717, 1.165) is 17.8 Å². The van der Waals surface area contributed by atoms with E-state index in [4.69, 9.17) is 11.6 Å². The van der Waals surface area contributed by atoms with Crippen molar-refractivity contribution in [1.82, 2.24) is 4.98 Å². The zero-order chi connectivity index (χ0) is 11.4. The minimum atomic E-state index is 0.515. The second-order valence-electron chi connectivity index (χ2n) is 3.66. The second-order valence-corrected chi connectivity index (χ2v) is 4.05. The van der Waals surface area contributed by atoms with Crippen LogP contribution >= 0.6 is 11.6 Å². The van der Waals surface area contributed by atoms with E-state index in [2.05, 4.69) is 22.4 Å². The van der Waals surface area contributed by atoms with Crippen LogP contribution < -0.4 is 5.32 Å². The minimum absolute atomic E-state index is 0.515. The summed E-state index contributed by atoms with van der Waals surface area (Å²) < 4.78 is 0. The van der Waals surface area contributed by atoms with Crippen molar-refractivity contribution < 1.29 is 0 Å². The number of aromatic nitrogens is 1. The molecule has 1 aromatic heterocycles. The number of halogens is 1. The Bertz CT molecular complexity index is 469. The van der Waals surface area contributed by atoms with E-state index >= 15 is 0 Å². The van der Waals surface area contributed by atoms with Crippen molar-refractivity contribution in [3.63, 3.8) is 0 Å². The van der Waals surface area contributed by atoms with Crippen molar-refractivity contribution in [3.8, 4) is 0 Å². The number of rotatable bonds is 3. The molecule has 0 radical (unpaired) electrons. The first-order valence-corrected chi connectivity index (χ1v) is 5.53. The molecule has 0 aliphatic rings. The summed E-state index contributed by atoms with van der Waals surface area (Å²) in [5, 5.41) is 3.86. The smallest absolute Gasteiger partial charge is 0.131 e. The molecule has 1 N–H and O–H groups in total. The summed E-state index contributed by atoms with van der Waals surface area (Å²) >= 11 is 5.85. The van der Waals surface area contributed by atoms with Crippen LogP contribution in [0.15, 0.2) is 42.6 Å². The van der Waals surface area contributed by atoms with Crippen molar-refractivity contribution >= 4 is 17.3 Å². The Labute approximate surface area is 100 Å². The number of hydrogen-bond donors (Lipinski definition) is 1. The van der Waals surface area contributed by atoms with Crippen molar-refractivity contribution in [2.24, 2.45) is 0 Å². The van der Waals surface area contributed by atoms with Crippen LogP contribution in [0.1, 0.15) is 11.1 Å². The first-order chi connectivity index (χ1) is 7.75. The van der Waals surface area contributed by atoms with Gasteiger partial charge in [-0.05, 0) is 24.1 Å². The molecule has 0 saturated heterocycles. The third-order valence-corrected chi connectivity index (χ3v) is 2.60. The first kappa shape index (κ1) is 11.0. The molecule has 82 valence electrons. The molecule has 3 heteroatoms. The Balaban J connectivity index is 2.08. The van der Waals surface area contributed by atoms with Gasteiger partial charge < -0.3 is 5.32 Å². The number of nitrogens with one attached hydrogen (secondary N) is 1. The van der Waals surface area contributed by atoms with Crippen molar-refractivity contribution in [2.45, 2.75) is 13.5 Å². The zero-order valence-electron chi connectivity index (χ0n) is 9.07. The predicted octanol–water partition coefficient (Wildman–Crippen LogP) is 3.66. The fraction of sp³-hybridized carbons (Fsp3) is 0.154. The van der Waals surface area contributed by atoms with E-state index in [1.807, 2.05) is 31.2 Å². The van der Waals surface area contributed by atoms with Crippen molar-refractivity contribution in [3.05, 3.63) is 58.9 Å². The van der Waals surface area contributed by atoms with Crippen LogP contribution in [-0.4, -0.2) is 4.98 Å². The standard InChI is InChI=1S/C13H13ClN2/c1-10-8-16-13(14)7-12(10)15-9-11-5-3-2-4-6-11/h2-8H,9H2,1H3,(H,15,16). The van der Waals surface area contributed by atoms with Gasteiger partial charge in [-0.25, -0.2) is 4.98 Å². The highest BCUT2D eigenvalue weighted by Crippen LogP contribution is 2.18. The van der Waals surface area contributed by atoms with Gasteiger partial charge in [-0.15, -0.1) is 0 Å². The maximum absolute atomic E-state index is 5.85. The molecule has 16 heavy (non-hydrogen) atoms. The molecule has 1 aromatic carbocycles. The van der Waals surface area contributed by atoms with Crippen LogP contribution in [0.3, 0.4) is 0 Å². The van der Waals surface area contributed by atoms with Crippen LogP contribution in [0.5, 0.6) is 0 Å². The molecule has 0 atom stereocenters. The lowest BCUT2D eigenvalue weighted by atomic mass is 10.2. The Morgan fingerprint density at radius 3 is 2.75 bits per heavy atom. The fourth-order valence-corrected chi connectivity index (χ4v) is 1.64. The summed E-state index contributed by atoms with van der Waals surface area (Å²) in [6.45, 7) is 2.80. The van der Waals surface area contributed by atoms with Gasteiger partial charge >= 0.3 is 0 Å². The topological polar surface area (TPSA) is 24.9 Å². The first-order valence-electron chi connectivity index (χ1n) is 5.15. The molecule has 0 aliphatic carbocycles. The number of benzene rings is 1. The van der Waals surface area contributed by atoms with E-state index in [1.54, 1.807) is 6.20 Å². The average molecular weight is 233 g/mol. The SMILES string of the molecule is Cc1cnc(Cl)cc1NCc1ccccc1. The van der Waals surface area contributed by atoms with Gasteiger partial charge in [0.2, 0.25) is 0 Å². The average Bonchev–Trinajstić information content (AvgIpc) is 2.32. The Kier molecular flexibility index (Phi) is 3.42. The lowest BCUT2D eigenvalue weighted by molar-refractivity contribution is 1.13. The number of aryl methyl sites for hydroxylation is 1. The third kappa shape index (κ3) is 2.74. The van der Waals surface area contributed by atoms with Gasteiger partial charge in [0.05, 0.1) is 0 Å². The monoisotopic (exact) mass is 232 g/mol. The second kappa shape index (κ2) is 4.99. The largest absolute Gasteiger partial charge is 0.381 e. The molecular weight excluding hydrogens is 220 g/mol. The molecule has 1 heterocycles. The van der Waals surface area contributed by atoms with Crippen LogP contribution in [0.25, 0.3) is 0 Å². The molecule has 0 bridgehead atoms. The number of pyridine rings is 1. The van der Waals surface area contributed by atoms with Crippen LogP contribution in [0, 0.1) is 6.92 Å². The van der Waals surface area contributed by atoms with Gasteiger partial charge in [-0.1, -0.05) is 41.9 Å². The van der Waals surface area contributed by atoms with Gasteiger partial charge in [0.25, 0.3) is 0 Å². The van der Waals surface area contributed by atoms with Gasteiger partial charge in [0.15, 0.2) is 0 Å². The van der Waals surface area contributed by atoms with Gasteiger partial charge in [-0.2, -0.15) is 0 Å². The highest BCUT2D eigenvalue weighted by Gasteiger charge is 1.99. The van der Waals surface area contributed by atoms with Crippen LogP contribution in [0.2, 0.25) is 5.15 Å². The van der Waals surface area contributed by atoms with Crippen LogP contribution in [0.4, 0.5) is 5.69 Å². The maximum Gasteiger partial charge on any atom is 0.131 e. The number of nitrogens with zero attached hydrogens (tertiary/aromatic N) is 1. The lowest BCUT2D eigenvalue weighted by Crippen LogP contribution is -2.01. The molecule has 0 aliphatic heterocycles. The Morgan fingerprint density at radius 2 is 2.00 bits per heavy atom. The lowest BCUT2D eigenvalue weighted by Gasteiger charge is -2.09. The third-order valence-electron chi connectivity index (χ3n) is 2.40. The number of anilines is 1. The van der Waals surface area contributed by atoms with E-state index < -0.39 is 0 Å². The van der Waals surface area contributed by atoms with Crippen LogP contribution in [-0.2, 0) is 6.54 Å². The zero-order valence-corrected chi connectivity index (χ0v) is 9.83. The molecule has 2 aromatic rings. The fourth-order valence-electron chi connectivity index (χ4n) is 1.48. The summed E-state index contributed by atoms with van der Waals surface area (Å²) in [6, 6.07) is 12.1. The Morgan fingerprint density at radius 1 is 1.25 bits per heavy atom.